The Labute approximate surface area is 114 Å². The number of nitrogens with zero attached hydrogens (tertiary/aromatic N) is 1. The molecule has 2 rings (SSSR count). The summed E-state index contributed by atoms with van der Waals surface area (Å²) in [5.41, 5.74) is -0.447. The molecule has 0 radical (unpaired) electrons. The maximum Gasteiger partial charge on any atom is 0.411 e. The molecule has 1 saturated carbocycles. The molecule has 5 heteroatoms. The number of fused-ring (bicyclic) bond motifs is 1. The summed E-state index contributed by atoms with van der Waals surface area (Å²) in [6, 6.07) is -0.500. The summed E-state index contributed by atoms with van der Waals surface area (Å²) in [6.45, 7) is 10.3. The number of likely N-dealkylation sites (tertiary alicyclic amines) is 1. The van der Waals surface area contributed by atoms with Crippen LogP contribution < -0.4 is 0 Å². The van der Waals surface area contributed by atoms with Crippen LogP contribution in [-0.2, 0) is 14.3 Å². The van der Waals surface area contributed by atoms with Crippen LogP contribution in [0.1, 0.15) is 34.6 Å². The second-order valence-electron chi connectivity index (χ2n) is 7.05. The number of hydrogen-bond donors (Lipinski definition) is 0. The molecule has 0 unspecified atom stereocenters. The van der Waals surface area contributed by atoms with E-state index in [-0.39, 0.29) is 17.3 Å². The highest BCUT2D eigenvalue weighted by atomic mass is 16.6. The molecule has 1 aliphatic carbocycles. The lowest BCUT2D eigenvalue weighted by molar-refractivity contribution is -0.147. The minimum atomic E-state index is -0.556. The largest absolute Gasteiger partial charge is 0.467 e. The summed E-state index contributed by atoms with van der Waals surface area (Å²) in [5, 5.41) is 0. The van der Waals surface area contributed by atoms with E-state index >= 15 is 0 Å². The number of esters is 1. The normalized spacial score (nSPS) is 31.7. The molecule has 2 aliphatic rings. The molecule has 1 amide bonds. The maximum absolute atomic E-state index is 12.2. The molecular weight excluding hydrogens is 246 g/mol. The summed E-state index contributed by atoms with van der Waals surface area (Å²) >= 11 is 0. The van der Waals surface area contributed by atoms with Gasteiger partial charge in [0.05, 0.1) is 7.11 Å². The van der Waals surface area contributed by atoms with Crippen LogP contribution in [0, 0.1) is 17.3 Å². The van der Waals surface area contributed by atoms with E-state index in [4.69, 9.17) is 9.47 Å². The summed E-state index contributed by atoms with van der Waals surface area (Å²) in [7, 11) is 1.36. The predicted molar refractivity (Wildman–Crippen MR) is 69.5 cm³/mol. The lowest BCUT2D eigenvalue weighted by atomic mass is 10.0. The van der Waals surface area contributed by atoms with E-state index in [9.17, 15) is 9.59 Å². The number of carbonyl (C=O) groups is 2. The fourth-order valence-electron chi connectivity index (χ4n) is 3.18. The quantitative estimate of drug-likeness (QED) is 0.684. The standard InChI is InChI=1S/C14H23NO4/c1-13(2,3)19-12(17)15-7-8-9(14(8,4)5)10(15)11(16)18-6/h8-10H,7H2,1-6H3/t8-,9-,10+/m1/s1. The molecule has 5 nitrogen and oxygen atoms in total. The Kier molecular flexibility index (Phi) is 3.07. The van der Waals surface area contributed by atoms with Gasteiger partial charge in [0, 0.05) is 12.5 Å². The first-order valence-electron chi connectivity index (χ1n) is 6.67. The van der Waals surface area contributed by atoms with E-state index in [0.29, 0.717) is 12.5 Å². The third kappa shape index (κ3) is 2.30. The van der Waals surface area contributed by atoms with Crippen LogP contribution in [0.2, 0.25) is 0 Å². The zero-order chi connectivity index (χ0) is 14.6. The lowest BCUT2D eigenvalue weighted by Crippen LogP contribution is -2.47. The Morgan fingerprint density at radius 2 is 1.84 bits per heavy atom. The molecule has 0 aromatic rings. The highest BCUT2D eigenvalue weighted by molar-refractivity contribution is 5.83. The van der Waals surface area contributed by atoms with Gasteiger partial charge in [-0.1, -0.05) is 13.8 Å². The van der Waals surface area contributed by atoms with Crippen molar-refractivity contribution in [2.45, 2.75) is 46.3 Å². The minimum Gasteiger partial charge on any atom is -0.467 e. The molecule has 0 aromatic heterocycles. The first kappa shape index (κ1) is 14.2. The average Bonchev–Trinajstić information content (AvgIpc) is 2.65. The second kappa shape index (κ2) is 4.12. The zero-order valence-corrected chi connectivity index (χ0v) is 12.5. The Morgan fingerprint density at radius 3 is 2.32 bits per heavy atom. The van der Waals surface area contributed by atoms with Crippen LogP contribution >= 0.6 is 0 Å². The van der Waals surface area contributed by atoms with Crippen molar-refractivity contribution in [2.24, 2.45) is 17.3 Å². The number of rotatable bonds is 1. The van der Waals surface area contributed by atoms with Crippen molar-refractivity contribution in [1.29, 1.82) is 0 Å². The first-order chi connectivity index (χ1) is 8.59. The second-order valence-corrected chi connectivity index (χ2v) is 7.05. The predicted octanol–water partition coefficient (Wildman–Crippen LogP) is 2.05. The van der Waals surface area contributed by atoms with Crippen molar-refractivity contribution in [3.63, 3.8) is 0 Å². The van der Waals surface area contributed by atoms with Gasteiger partial charge in [-0.3, -0.25) is 4.90 Å². The molecule has 0 bridgehead atoms. The molecule has 19 heavy (non-hydrogen) atoms. The molecule has 3 atom stereocenters. The highest BCUT2D eigenvalue weighted by Crippen LogP contribution is 2.65. The van der Waals surface area contributed by atoms with Gasteiger partial charge in [0.25, 0.3) is 0 Å². The molecule has 0 aromatic carbocycles. The monoisotopic (exact) mass is 269 g/mol. The summed E-state index contributed by atoms with van der Waals surface area (Å²) in [4.78, 5) is 25.6. The van der Waals surface area contributed by atoms with Crippen molar-refractivity contribution >= 4 is 12.1 Å². The van der Waals surface area contributed by atoms with E-state index < -0.39 is 17.7 Å². The number of methoxy groups -OCH3 is 1. The van der Waals surface area contributed by atoms with Crippen molar-refractivity contribution in [3.8, 4) is 0 Å². The fourth-order valence-corrected chi connectivity index (χ4v) is 3.18. The topological polar surface area (TPSA) is 55.8 Å². The molecule has 0 N–H and O–H groups in total. The van der Waals surface area contributed by atoms with Gasteiger partial charge in [-0.15, -0.1) is 0 Å². The Morgan fingerprint density at radius 1 is 1.26 bits per heavy atom. The minimum absolute atomic E-state index is 0.109. The third-order valence-corrected chi connectivity index (χ3v) is 4.28. The number of hydrogen-bond acceptors (Lipinski definition) is 4. The van der Waals surface area contributed by atoms with Gasteiger partial charge in [-0.25, -0.2) is 9.59 Å². The molecular formula is C14H23NO4. The number of piperidine rings is 1. The van der Waals surface area contributed by atoms with Crippen molar-refractivity contribution in [3.05, 3.63) is 0 Å². The van der Waals surface area contributed by atoms with E-state index in [0.717, 1.165) is 0 Å². The van der Waals surface area contributed by atoms with Crippen molar-refractivity contribution in [1.82, 2.24) is 4.90 Å². The van der Waals surface area contributed by atoms with E-state index in [1.807, 2.05) is 20.8 Å². The Bertz CT molecular complexity index is 410. The van der Waals surface area contributed by atoms with Crippen molar-refractivity contribution < 1.29 is 19.1 Å². The SMILES string of the molecule is COC(=O)[C@@H]1[C@H]2[C@@H](CN1C(=O)OC(C)(C)C)C2(C)C. The van der Waals surface area contributed by atoms with Crippen molar-refractivity contribution in [2.75, 3.05) is 13.7 Å². The van der Waals surface area contributed by atoms with Crippen LogP contribution in [-0.4, -0.2) is 42.3 Å². The van der Waals surface area contributed by atoms with Crippen LogP contribution in [0.25, 0.3) is 0 Å². The van der Waals surface area contributed by atoms with Gasteiger partial charge in [0.1, 0.15) is 11.6 Å². The molecule has 0 spiro atoms. The molecule has 108 valence electrons. The van der Waals surface area contributed by atoms with Gasteiger partial charge in [0.2, 0.25) is 0 Å². The zero-order valence-electron chi connectivity index (χ0n) is 12.5. The molecule has 2 fully saturated rings. The van der Waals surface area contributed by atoms with Gasteiger partial charge in [-0.2, -0.15) is 0 Å². The molecule has 1 saturated heterocycles. The van der Waals surface area contributed by atoms with Crippen LogP contribution in [0.5, 0.6) is 0 Å². The summed E-state index contributed by atoms with van der Waals surface area (Å²) in [6.07, 6.45) is -0.425. The fraction of sp³-hybridized carbons (Fsp3) is 0.857. The average molecular weight is 269 g/mol. The highest BCUT2D eigenvalue weighted by Gasteiger charge is 2.70. The van der Waals surface area contributed by atoms with E-state index in [2.05, 4.69) is 13.8 Å². The maximum atomic E-state index is 12.2. The van der Waals surface area contributed by atoms with E-state index in [1.54, 1.807) is 0 Å². The van der Waals surface area contributed by atoms with Gasteiger partial charge in [-0.05, 0) is 32.1 Å². The van der Waals surface area contributed by atoms with E-state index in [1.165, 1.54) is 12.0 Å². The van der Waals surface area contributed by atoms with Gasteiger partial charge >= 0.3 is 12.1 Å². The summed E-state index contributed by atoms with van der Waals surface area (Å²) < 4.78 is 10.2. The lowest BCUT2D eigenvalue weighted by Gasteiger charge is -2.31. The molecule has 1 heterocycles. The Balaban J connectivity index is 2.14. The number of carbonyl (C=O) groups excluding carboxylic acids is 2. The smallest absolute Gasteiger partial charge is 0.411 e. The number of ether oxygens (including phenoxy) is 2. The molecule has 1 aliphatic heterocycles. The summed E-state index contributed by atoms with van der Waals surface area (Å²) in [5.74, 6) is 0.209. The van der Waals surface area contributed by atoms with Gasteiger partial charge < -0.3 is 9.47 Å². The van der Waals surface area contributed by atoms with Crippen LogP contribution in [0.4, 0.5) is 4.79 Å². The number of amides is 1. The van der Waals surface area contributed by atoms with Crippen LogP contribution in [0.3, 0.4) is 0 Å². The third-order valence-electron chi connectivity index (χ3n) is 4.28. The van der Waals surface area contributed by atoms with Gasteiger partial charge in [0.15, 0.2) is 0 Å². The Hall–Kier alpha value is -1.26. The van der Waals surface area contributed by atoms with Crippen LogP contribution in [0.15, 0.2) is 0 Å². The first-order valence-corrected chi connectivity index (χ1v) is 6.67.